The van der Waals surface area contributed by atoms with Crippen LogP contribution < -0.4 is 5.32 Å². The maximum Gasteiger partial charge on any atom is 0.0649 e. The summed E-state index contributed by atoms with van der Waals surface area (Å²) in [6.45, 7) is 7.23. The number of aliphatic hydroxyl groups excluding tert-OH is 1. The molecule has 1 heterocycles. The van der Waals surface area contributed by atoms with Gasteiger partial charge in [-0.05, 0) is 51.0 Å². The van der Waals surface area contributed by atoms with Gasteiger partial charge in [0, 0.05) is 35.5 Å². The Balaban J connectivity index is 2.18. The molecule has 22 heavy (non-hydrogen) atoms. The van der Waals surface area contributed by atoms with E-state index in [4.69, 9.17) is 16.7 Å². The highest BCUT2D eigenvalue weighted by Crippen LogP contribution is 2.19. The largest absolute Gasteiger partial charge is 0.396 e. The van der Waals surface area contributed by atoms with Gasteiger partial charge in [-0.15, -0.1) is 0 Å². The summed E-state index contributed by atoms with van der Waals surface area (Å²) in [6, 6.07) is 8.03. The third-order valence-corrected chi connectivity index (χ3v) is 4.30. The molecular formula is C17H24ClN3O. The smallest absolute Gasteiger partial charge is 0.0649 e. The van der Waals surface area contributed by atoms with Gasteiger partial charge < -0.3 is 10.4 Å². The van der Waals surface area contributed by atoms with E-state index < -0.39 is 0 Å². The molecule has 2 N–H and O–H groups in total. The zero-order chi connectivity index (χ0) is 16.1. The van der Waals surface area contributed by atoms with Gasteiger partial charge in [0.15, 0.2) is 0 Å². The number of nitrogens with zero attached hydrogens (tertiary/aromatic N) is 2. The summed E-state index contributed by atoms with van der Waals surface area (Å²) in [4.78, 5) is 0. The molecule has 4 nitrogen and oxygen atoms in total. The molecule has 0 bridgehead atoms. The topological polar surface area (TPSA) is 50.1 Å². The van der Waals surface area contributed by atoms with Crippen molar-refractivity contribution in [3.63, 3.8) is 0 Å². The van der Waals surface area contributed by atoms with Gasteiger partial charge in [-0.3, -0.25) is 0 Å². The third-order valence-electron chi connectivity index (χ3n) is 4.05. The van der Waals surface area contributed by atoms with Crippen LogP contribution in [-0.2, 0) is 6.54 Å². The van der Waals surface area contributed by atoms with Crippen molar-refractivity contribution in [3.05, 3.63) is 46.2 Å². The van der Waals surface area contributed by atoms with Crippen LogP contribution in [-0.4, -0.2) is 27.5 Å². The fraction of sp³-hybridized carbons (Fsp3) is 0.471. The van der Waals surface area contributed by atoms with Crippen molar-refractivity contribution >= 4 is 11.6 Å². The number of aryl methyl sites for hydroxylation is 1. The molecule has 2 aromatic rings. The zero-order valence-electron chi connectivity index (χ0n) is 13.4. The SMILES string of the molecule is CCC(CCO)NCc1c(C)nn(-c2ccc(Cl)cc2)c1C. The van der Waals surface area contributed by atoms with E-state index in [1.54, 1.807) is 0 Å². The van der Waals surface area contributed by atoms with Crippen molar-refractivity contribution < 1.29 is 5.11 Å². The molecule has 1 unspecified atom stereocenters. The van der Waals surface area contributed by atoms with Crippen molar-refractivity contribution in [2.75, 3.05) is 6.61 Å². The van der Waals surface area contributed by atoms with E-state index in [-0.39, 0.29) is 6.61 Å². The lowest BCUT2D eigenvalue weighted by Crippen LogP contribution is -2.29. The van der Waals surface area contributed by atoms with Crippen LogP contribution in [0.3, 0.4) is 0 Å². The van der Waals surface area contributed by atoms with Crippen LogP contribution in [0.2, 0.25) is 5.02 Å². The first-order valence-electron chi connectivity index (χ1n) is 7.72. The van der Waals surface area contributed by atoms with E-state index in [0.29, 0.717) is 6.04 Å². The molecule has 5 heteroatoms. The number of hydrogen-bond donors (Lipinski definition) is 2. The van der Waals surface area contributed by atoms with Crippen LogP contribution in [0.4, 0.5) is 0 Å². The summed E-state index contributed by atoms with van der Waals surface area (Å²) in [5.41, 5.74) is 4.38. The molecule has 1 aromatic heterocycles. The number of halogens is 1. The highest BCUT2D eigenvalue weighted by molar-refractivity contribution is 6.30. The Kier molecular flexibility index (Phi) is 6.00. The van der Waals surface area contributed by atoms with Gasteiger partial charge in [0.25, 0.3) is 0 Å². The normalized spacial score (nSPS) is 12.6. The Hall–Kier alpha value is -1.36. The molecule has 0 fully saturated rings. The fourth-order valence-corrected chi connectivity index (χ4v) is 2.74. The van der Waals surface area contributed by atoms with Crippen LogP contribution in [0.25, 0.3) is 5.69 Å². The number of nitrogens with one attached hydrogen (secondary N) is 1. The van der Waals surface area contributed by atoms with E-state index in [1.165, 1.54) is 5.56 Å². The zero-order valence-corrected chi connectivity index (χ0v) is 14.2. The van der Waals surface area contributed by atoms with E-state index >= 15 is 0 Å². The summed E-state index contributed by atoms with van der Waals surface area (Å²) in [5, 5.41) is 18.0. The average Bonchev–Trinajstić information content (AvgIpc) is 2.79. The Bertz CT molecular complexity index is 607. The maximum atomic E-state index is 9.08. The minimum absolute atomic E-state index is 0.216. The summed E-state index contributed by atoms with van der Waals surface area (Å²) in [7, 11) is 0. The van der Waals surface area contributed by atoms with Gasteiger partial charge in [-0.25, -0.2) is 4.68 Å². The van der Waals surface area contributed by atoms with Crippen LogP contribution in [0.15, 0.2) is 24.3 Å². The van der Waals surface area contributed by atoms with Crippen molar-refractivity contribution in [2.24, 2.45) is 0 Å². The molecule has 0 aliphatic carbocycles. The Morgan fingerprint density at radius 2 is 1.95 bits per heavy atom. The second kappa shape index (κ2) is 7.77. The summed E-state index contributed by atoms with van der Waals surface area (Å²) in [6.07, 6.45) is 1.78. The van der Waals surface area contributed by atoms with Crippen LogP contribution in [0, 0.1) is 13.8 Å². The minimum Gasteiger partial charge on any atom is -0.396 e. The molecule has 0 aliphatic heterocycles. The molecule has 0 aliphatic rings. The molecule has 1 atom stereocenters. The number of aromatic nitrogens is 2. The molecule has 0 amide bonds. The van der Waals surface area contributed by atoms with Gasteiger partial charge in [-0.1, -0.05) is 18.5 Å². The second-order valence-electron chi connectivity index (χ2n) is 5.54. The molecule has 120 valence electrons. The maximum absolute atomic E-state index is 9.08. The molecular weight excluding hydrogens is 298 g/mol. The predicted octanol–water partition coefficient (Wildman–Crippen LogP) is 3.39. The quantitative estimate of drug-likeness (QED) is 0.822. The average molecular weight is 322 g/mol. The number of hydrogen-bond acceptors (Lipinski definition) is 3. The number of aliphatic hydroxyl groups is 1. The van der Waals surface area contributed by atoms with Crippen molar-refractivity contribution in [3.8, 4) is 5.69 Å². The van der Waals surface area contributed by atoms with E-state index in [2.05, 4.69) is 24.3 Å². The molecule has 1 aromatic carbocycles. The van der Waals surface area contributed by atoms with Crippen molar-refractivity contribution in [2.45, 2.75) is 46.2 Å². The fourth-order valence-electron chi connectivity index (χ4n) is 2.62. The highest BCUT2D eigenvalue weighted by Gasteiger charge is 2.14. The lowest BCUT2D eigenvalue weighted by Gasteiger charge is -2.15. The standard InChI is InChI=1S/C17H24ClN3O/c1-4-15(9-10-22)19-11-17-12(2)20-21(13(17)3)16-7-5-14(18)6-8-16/h5-8,15,19,22H,4,9-11H2,1-3H3. The van der Waals surface area contributed by atoms with Gasteiger partial charge in [0.2, 0.25) is 0 Å². The van der Waals surface area contributed by atoms with Gasteiger partial charge in [-0.2, -0.15) is 5.10 Å². The summed E-state index contributed by atoms with van der Waals surface area (Å²) < 4.78 is 1.95. The van der Waals surface area contributed by atoms with E-state index in [9.17, 15) is 0 Å². The molecule has 2 rings (SSSR count). The van der Waals surface area contributed by atoms with Gasteiger partial charge in [0.1, 0.15) is 0 Å². The Morgan fingerprint density at radius 1 is 1.27 bits per heavy atom. The molecule has 0 saturated carbocycles. The highest BCUT2D eigenvalue weighted by atomic mass is 35.5. The Labute approximate surface area is 137 Å². The summed E-state index contributed by atoms with van der Waals surface area (Å²) in [5.74, 6) is 0. The van der Waals surface area contributed by atoms with E-state index in [0.717, 1.165) is 41.5 Å². The van der Waals surface area contributed by atoms with Crippen LogP contribution in [0.5, 0.6) is 0 Å². The first-order valence-corrected chi connectivity index (χ1v) is 8.09. The monoisotopic (exact) mass is 321 g/mol. The van der Waals surface area contributed by atoms with Gasteiger partial charge >= 0.3 is 0 Å². The lowest BCUT2D eigenvalue weighted by atomic mass is 10.1. The number of rotatable bonds is 7. The first-order chi connectivity index (χ1) is 10.6. The summed E-state index contributed by atoms with van der Waals surface area (Å²) >= 11 is 5.95. The second-order valence-corrected chi connectivity index (χ2v) is 5.97. The predicted molar refractivity (Wildman–Crippen MR) is 90.7 cm³/mol. The minimum atomic E-state index is 0.216. The van der Waals surface area contributed by atoms with Gasteiger partial charge in [0.05, 0.1) is 11.4 Å². The number of benzene rings is 1. The molecule has 0 saturated heterocycles. The molecule has 0 spiro atoms. The lowest BCUT2D eigenvalue weighted by molar-refractivity contribution is 0.262. The third kappa shape index (κ3) is 3.88. The van der Waals surface area contributed by atoms with E-state index in [1.807, 2.05) is 35.9 Å². The van der Waals surface area contributed by atoms with Crippen LogP contribution >= 0.6 is 11.6 Å². The molecule has 0 radical (unpaired) electrons. The van der Waals surface area contributed by atoms with Crippen molar-refractivity contribution in [1.82, 2.24) is 15.1 Å². The first kappa shape index (κ1) is 17.0. The van der Waals surface area contributed by atoms with Crippen molar-refractivity contribution in [1.29, 1.82) is 0 Å². The Morgan fingerprint density at radius 3 is 2.55 bits per heavy atom. The van der Waals surface area contributed by atoms with Crippen LogP contribution in [0.1, 0.15) is 36.7 Å².